The monoisotopic (exact) mass is 355 g/mol. The van der Waals surface area contributed by atoms with Crippen molar-refractivity contribution in [1.29, 1.82) is 0 Å². The van der Waals surface area contributed by atoms with Gasteiger partial charge >= 0.3 is 0 Å². The molecule has 0 atom stereocenters. The molecule has 0 saturated carbocycles. The molecule has 2 aromatic carbocycles. The average Bonchev–Trinajstić information content (AvgIpc) is 2.93. The van der Waals surface area contributed by atoms with E-state index in [2.05, 4.69) is 16.7 Å². The summed E-state index contributed by atoms with van der Waals surface area (Å²) in [6.07, 6.45) is 0. The lowest BCUT2D eigenvalue weighted by Crippen LogP contribution is -2.13. The van der Waals surface area contributed by atoms with Gasteiger partial charge in [0.2, 0.25) is 0 Å². The summed E-state index contributed by atoms with van der Waals surface area (Å²) in [5, 5.41) is 1.07. The smallest absolute Gasteiger partial charge is 0.251 e. The van der Waals surface area contributed by atoms with E-state index in [4.69, 9.17) is 10.7 Å². The van der Waals surface area contributed by atoms with Crippen LogP contribution in [0.4, 0.5) is 0 Å². The fraction of sp³-hybridized carbons (Fsp3) is 0.130. The van der Waals surface area contributed by atoms with Crippen LogP contribution in [0.5, 0.6) is 0 Å². The first kappa shape index (κ1) is 17.0. The van der Waals surface area contributed by atoms with Gasteiger partial charge < -0.3 is 10.3 Å². The molecule has 0 fully saturated rings. The van der Waals surface area contributed by atoms with Crippen molar-refractivity contribution in [2.75, 3.05) is 0 Å². The highest BCUT2D eigenvalue weighted by atomic mass is 16.1. The van der Waals surface area contributed by atoms with Crippen LogP contribution in [0.3, 0.4) is 0 Å². The summed E-state index contributed by atoms with van der Waals surface area (Å²) < 4.78 is 2.14. The van der Waals surface area contributed by atoms with Crippen LogP contribution in [-0.4, -0.2) is 15.5 Å². The van der Waals surface area contributed by atoms with E-state index in [9.17, 15) is 4.79 Å². The van der Waals surface area contributed by atoms with E-state index < -0.39 is 5.91 Å². The van der Waals surface area contributed by atoms with Crippen LogP contribution in [0.25, 0.3) is 22.2 Å². The van der Waals surface area contributed by atoms with E-state index in [0.29, 0.717) is 12.1 Å². The second kappa shape index (κ2) is 6.72. The number of benzene rings is 2. The summed E-state index contributed by atoms with van der Waals surface area (Å²) in [6, 6.07) is 22.2. The van der Waals surface area contributed by atoms with Gasteiger partial charge in [-0.25, -0.2) is 4.98 Å². The van der Waals surface area contributed by atoms with E-state index in [-0.39, 0.29) is 0 Å². The molecule has 2 aromatic heterocycles. The van der Waals surface area contributed by atoms with Crippen LogP contribution >= 0.6 is 0 Å². The van der Waals surface area contributed by atoms with Gasteiger partial charge in [-0.3, -0.25) is 4.79 Å². The molecule has 0 spiro atoms. The van der Waals surface area contributed by atoms with E-state index in [0.717, 1.165) is 33.5 Å². The number of hydrogen-bond acceptors (Lipinski definition) is 2. The molecular weight excluding hydrogens is 334 g/mol. The van der Waals surface area contributed by atoms with Crippen molar-refractivity contribution < 1.29 is 4.79 Å². The summed E-state index contributed by atoms with van der Waals surface area (Å²) in [4.78, 5) is 17.1. The number of amides is 1. The maximum atomic E-state index is 12.3. The summed E-state index contributed by atoms with van der Waals surface area (Å²) in [6.45, 7) is 4.65. The Bertz CT molecular complexity index is 1140. The van der Waals surface area contributed by atoms with Gasteiger partial charge in [0, 0.05) is 28.9 Å². The third kappa shape index (κ3) is 2.99. The van der Waals surface area contributed by atoms with Crippen LogP contribution < -0.4 is 5.73 Å². The highest BCUT2D eigenvalue weighted by Crippen LogP contribution is 2.32. The lowest BCUT2D eigenvalue weighted by atomic mass is 10.0. The van der Waals surface area contributed by atoms with Crippen molar-refractivity contribution in [2.45, 2.75) is 20.4 Å². The molecular formula is C23H21N3O. The topological polar surface area (TPSA) is 60.9 Å². The minimum absolute atomic E-state index is 0.424. The molecule has 0 aliphatic carbocycles. The number of primary amides is 1. The van der Waals surface area contributed by atoms with Crippen LogP contribution in [0, 0.1) is 13.8 Å². The van der Waals surface area contributed by atoms with Crippen molar-refractivity contribution in [1.82, 2.24) is 9.55 Å². The number of pyridine rings is 1. The first-order chi connectivity index (χ1) is 13.1. The molecule has 0 aliphatic heterocycles. The molecule has 4 heteroatoms. The van der Waals surface area contributed by atoms with Crippen molar-refractivity contribution in [2.24, 2.45) is 5.73 Å². The van der Waals surface area contributed by atoms with Crippen molar-refractivity contribution >= 4 is 16.8 Å². The molecule has 4 aromatic rings. The normalized spacial score (nSPS) is 11.0. The number of carbonyl (C=O) groups excluding carboxylic acids is 1. The summed E-state index contributed by atoms with van der Waals surface area (Å²) >= 11 is 0. The number of hydrogen-bond donors (Lipinski definition) is 1. The Hall–Kier alpha value is -3.40. The molecule has 0 unspecified atom stereocenters. The number of carbonyl (C=O) groups is 1. The van der Waals surface area contributed by atoms with Gasteiger partial charge in [-0.05, 0) is 31.5 Å². The Balaban J connectivity index is 1.91. The summed E-state index contributed by atoms with van der Waals surface area (Å²) in [5.74, 6) is -0.424. The van der Waals surface area contributed by atoms with Crippen LogP contribution in [0.2, 0.25) is 0 Å². The maximum absolute atomic E-state index is 12.3. The first-order valence-corrected chi connectivity index (χ1v) is 8.96. The van der Waals surface area contributed by atoms with Gasteiger partial charge in [-0.15, -0.1) is 0 Å². The molecule has 0 aliphatic rings. The quantitative estimate of drug-likeness (QED) is 0.587. The van der Waals surface area contributed by atoms with Crippen LogP contribution in [0.1, 0.15) is 27.3 Å². The van der Waals surface area contributed by atoms with Crippen LogP contribution in [-0.2, 0) is 6.54 Å². The average molecular weight is 355 g/mol. The molecule has 2 N–H and O–H groups in total. The highest BCUT2D eigenvalue weighted by molar-refractivity contribution is 6.02. The maximum Gasteiger partial charge on any atom is 0.251 e. The number of nitrogens with two attached hydrogens (primary N) is 1. The molecule has 4 nitrogen and oxygen atoms in total. The number of para-hydroxylation sites is 1. The van der Waals surface area contributed by atoms with E-state index in [1.807, 2.05) is 68.4 Å². The highest BCUT2D eigenvalue weighted by Gasteiger charge is 2.23. The number of fused-ring (bicyclic) bond motifs is 1. The zero-order valence-corrected chi connectivity index (χ0v) is 15.4. The predicted molar refractivity (Wildman–Crippen MR) is 109 cm³/mol. The zero-order valence-electron chi connectivity index (χ0n) is 15.4. The molecule has 0 saturated heterocycles. The number of nitrogens with zero attached hydrogens (tertiary/aromatic N) is 2. The number of rotatable bonds is 4. The van der Waals surface area contributed by atoms with E-state index in [1.54, 1.807) is 0 Å². The first-order valence-electron chi connectivity index (χ1n) is 8.96. The Morgan fingerprint density at radius 2 is 1.63 bits per heavy atom. The lowest BCUT2D eigenvalue weighted by Gasteiger charge is -2.10. The van der Waals surface area contributed by atoms with Gasteiger partial charge in [0.05, 0.1) is 16.8 Å². The van der Waals surface area contributed by atoms with Gasteiger partial charge in [0.1, 0.15) is 0 Å². The lowest BCUT2D eigenvalue weighted by molar-refractivity contribution is 0.1000. The fourth-order valence-corrected chi connectivity index (χ4v) is 3.71. The molecule has 1 amide bonds. The SMILES string of the molecule is Cc1c(C(N)=O)c(-c2ccc3ccccc3n2)c(C)n1Cc1ccccc1. The molecule has 27 heavy (non-hydrogen) atoms. The summed E-state index contributed by atoms with van der Waals surface area (Å²) in [5.41, 5.74) is 11.8. The third-order valence-electron chi connectivity index (χ3n) is 5.07. The second-order valence-electron chi connectivity index (χ2n) is 6.75. The Labute approximate surface area is 158 Å². The van der Waals surface area contributed by atoms with E-state index >= 15 is 0 Å². The molecule has 4 rings (SSSR count). The number of aromatic nitrogens is 2. The zero-order chi connectivity index (χ0) is 19.0. The van der Waals surface area contributed by atoms with Crippen LogP contribution in [0.15, 0.2) is 66.7 Å². The molecule has 0 radical (unpaired) electrons. The summed E-state index contributed by atoms with van der Waals surface area (Å²) in [7, 11) is 0. The molecule has 134 valence electrons. The second-order valence-corrected chi connectivity index (χ2v) is 6.75. The third-order valence-corrected chi connectivity index (χ3v) is 5.07. The van der Waals surface area contributed by atoms with Gasteiger partial charge in [-0.2, -0.15) is 0 Å². The van der Waals surface area contributed by atoms with Crippen molar-refractivity contribution in [3.05, 3.63) is 89.2 Å². The largest absolute Gasteiger partial charge is 0.366 e. The Kier molecular flexibility index (Phi) is 4.24. The molecule has 0 bridgehead atoms. The Morgan fingerprint density at radius 3 is 2.37 bits per heavy atom. The van der Waals surface area contributed by atoms with E-state index in [1.165, 1.54) is 5.56 Å². The van der Waals surface area contributed by atoms with Gasteiger partial charge in [0.15, 0.2) is 0 Å². The van der Waals surface area contributed by atoms with Gasteiger partial charge in [0.25, 0.3) is 5.91 Å². The Morgan fingerprint density at radius 1 is 0.926 bits per heavy atom. The minimum Gasteiger partial charge on any atom is -0.366 e. The molecule has 2 heterocycles. The van der Waals surface area contributed by atoms with Crippen molar-refractivity contribution in [3.8, 4) is 11.3 Å². The predicted octanol–water partition coefficient (Wildman–Crippen LogP) is 4.47. The fourth-order valence-electron chi connectivity index (χ4n) is 3.71. The van der Waals surface area contributed by atoms with Crippen molar-refractivity contribution in [3.63, 3.8) is 0 Å². The van der Waals surface area contributed by atoms with Gasteiger partial charge in [-0.1, -0.05) is 54.6 Å². The minimum atomic E-state index is -0.424. The standard InChI is InChI=1S/C23H21N3O/c1-15-21(20-13-12-18-10-6-7-11-19(18)25-20)22(23(24)27)16(2)26(15)14-17-8-4-3-5-9-17/h3-13H,14H2,1-2H3,(H2,24,27).